The van der Waals surface area contributed by atoms with Crippen molar-refractivity contribution in [2.45, 2.75) is 6.92 Å². The van der Waals surface area contributed by atoms with Gasteiger partial charge in [-0.05, 0) is 37.3 Å². The maximum atomic E-state index is 12.4. The number of hydrogen-bond acceptors (Lipinski definition) is 5. The third-order valence-corrected chi connectivity index (χ3v) is 4.34. The van der Waals surface area contributed by atoms with Crippen molar-refractivity contribution in [3.05, 3.63) is 78.0 Å². The van der Waals surface area contributed by atoms with Crippen molar-refractivity contribution >= 4 is 22.6 Å². The molecule has 7 nitrogen and oxygen atoms in total. The lowest BCUT2D eigenvalue weighted by molar-refractivity contribution is -0.118. The van der Waals surface area contributed by atoms with Crippen LogP contribution in [-0.2, 0) is 4.79 Å². The first-order valence-electron chi connectivity index (χ1n) is 8.97. The van der Waals surface area contributed by atoms with Gasteiger partial charge in [0.25, 0.3) is 5.91 Å². The lowest BCUT2D eigenvalue weighted by atomic mass is 10.2. The number of nitriles is 1. The van der Waals surface area contributed by atoms with Crippen LogP contribution in [0.3, 0.4) is 0 Å². The minimum absolute atomic E-state index is 0.190. The summed E-state index contributed by atoms with van der Waals surface area (Å²) in [6, 6.07) is 20.8. The Balaban J connectivity index is 1.56. The van der Waals surface area contributed by atoms with Gasteiger partial charge in [0.15, 0.2) is 18.2 Å². The zero-order valence-electron chi connectivity index (χ0n) is 15.7. The van der Waals surface area contributed by atoms with Gasteiger partial charge in [0.05, 0.1) is 11.7 Å². The number of benzene rings is 2. The summed E-state index contributed by atoms with van der Waals surface area (Å²) in [4.78, 5) is 17.0. The summed E-state index contributed by atoms with van der Waals surface area (Å²) in [5.41, 5.74) is 2.13. The molecule has 1 N–H and O–H groups in total. The van der Waals surface area contributed by atoms with Crippen LogP contribution < -0.4 is 10.1 Å². The van der Waals surface area contributed by atoms with Gasteiger partial charge in [-0.2, -0.15) is 15.0 Å². The van der Waals surface area contributed by atoms with E-state index in [0.29, 0.717) is 11.6 Å². The summed E-state index contributed by atoms with van der Waals surface area (Å²) in [6.07, 6.45) is 1.40. The summed E-state index contributed by atoms with van der Waals surface area (Å²) >= 11 is 0. The largest absolute Gasteiger partial charge is 0.484 e. The Labute approximate surface area is 167 Å². The lowest BCUT2D eigenvalue weighted by Gasteiger charge is -2.10. The van der Waals surface area contributed by atoms with Gasteiger partial charge in [0.2, 0.25) is 0 Å². The van der Waals surface area contributed by atoms with Crippen molar-refractivity contribution in [3.8, 4) is 17.6 Å². The van der Waals surface area contributed by atoms with Crippen LogP contribution in [0.4, 0.5) is 5.82 Å². The number of fused-ring (bicyclic) bond motifs is 1. The molecule has 7 heteroatoms. The molecule has 2 aromatic carbocycles. The fraction of sp³-hybridized carbons (Fsp3) is 0.0909. The van der Waals surface area contributed by atoms with E-state index >= 15 is 0 Å². The van der Waals surface area contributed by atoms with Crippen molar-refractivity contribution < 1.29 is 9.53 Å². The molecule has 29 heavy (non-hydrogen) atoms. The van der Waals surface area contributed by atoms with Gasteiger partial charge in [-0.3, -0.25) is 4.79 Å². The van der Waals surface area contributed by atoms with E-state index in [1.807, 2.05) is 55.5 Å². The van der Waals surface area contributed by atoms with E-state index in [2.05, 4.69) is 15.4 Å². The molecule has 0 fully saturated rings. The highest BCUT2D eigenvalue weighted by Gasteiger charge is 2.16. The van der Waals surface area contributed by atoms with Crippen molar-refractivity contribution in [2.24, 2.45) is 0 Å². The van der Waals surface area contributed by atoms with E-state index in [1.54, 1.807) is 18.2 Å². The van der Waals surface area contributed by atoms with Crippen molar-refractivity contribution in [1.82, 2.24) is 14.8 Å². The highest BCUT2D eigenvalue weighted by Crippen LogP contribution is 2.21. The minimum Gasteiger partial charge on any atom is -0.484 e. The number of anilines is 1. The number of amides is 1. The number of nitrogens with one attached hydrogen (secondary N) is 1. The molecule has 2 aromatic heterocycles. The molecule has 0 atom stereocenters. The number of hydrogen-bond donors (Lipinski definition) is 1. The summed E-state index contributed by atoms with van der Waals surface area (Å²) in [7, 11) is 0. The van der Waals surface area contributed by atoms with Gasteiger partial charge in [-0.1, -0.05) is 35.9 Å². The predicted molar refractivity (Wildman–Crippen MR) is 109 cm³/mol. The topological polar surface area (TPSA) is 92.8 Å². The monoisotopic (exact) mass is 383 g/mol. The molecule has 0 aliphatic heterocycles. The standard InChI is InChI=1S/C22H17N5O2/c1-15-6-9-18(10-7-15)29-14-21(28)26-22-17(12-23)13-24-27(22)20-11-8-16-4-2-3-5-19(16)25-20/h2-11,13H,14H2,1H3,(H,26,28). The molecule has 1 amide bonds. The van der Waals surface area contributed by atoms with Gasteiger partial charge in [-0.25, -0.2) is 4.98 Å². The average molecular weight is 383 g/mol. The Morgan fingerprint density at radius 2 is 1.93 bits per heavy atom. The van der Waals surface area contributed by atoms with Crippen LogP contribution in [0.15, 0.2) is 66.9 Å². The Morgan fingerprint density at radius 1 is 1.14 bits per heavy atom. The molecule has 0 saturated heterocycles. The van der Waals surface area contributed by atoms with Gasteiger partial charge < -0.3 is 10.1 Å². The fourth-order valence-electron chi connectivity index (χ4n) is 2.85. The maximum Gasteiger partial charge on any atom is 0.263 e. The van der Waals surface area contributed by atoms with Gasteiger partial charge in [0, 0.05) is 5.39 Å². The molecule has 0 unspecified atom stereocenters. The Bertz CT molecular complexity index is 1220. The molecule has 0 aliphatic rings. The molecule has 0 spiro atoms. The van der Waals surface area contributed by atoms with E-state index in [-0.39, 0.29) is 18.0 Å². The smallest absolute Gasteiger partial charge is 0.263 e. The van der Waals surface area contributed by atoms with Gasteiger partial charge in [-0.15, -0.1) is 0 Å². The molecule has 142 valence electrons. The number of rotatable bonds is 5. The first-order chi connectivity index (χ1) is 14.1. The number of carbonyl (C=O) groups excluding carboxylic acids is 1. The number of pyridine rings is 1. The highest BCUT2D eigenvalue weighted by molar-refractivity contribution is 5.92. The number of nitrogens with zero attached hydrogens (tertiary/aromatic N) is 4. The minimum atomic E-state index is -0.399. The van der Waals surface area contributed by atoms with Crippen LogP contribution in [-0.4, -0.2) is 27.3 Å². The summed E-state index contributed by atoms with van der Waals surface area (Å²) < 4.78 is 6.95. The van der Waals surface area contributed by atoms with E-state index < -0.39 is 5.91 Å². The normalized spacial score (nSPS) is 10.5. The molecule has 0 bridgehead atoms. The number of aromatic nitrogens is 3. The van der Waals surface area contributed by atoms with Crippen LogP contribution in [0.2, 0.25) is 0 Å². The summed E-state index contributed by atoms with van der Waals surface area (Å²) in [5, 5.41) is 17.3. The molecule has 4 aromatic rings. The Morgan fingerprint density at radius 3 is 2.72 bits per heavy atom. The van der Waals surface area contributed by atoms with Gasteiger partial charge in [0.1, 0.15) is 17.4 Å². The number of ether oxygens (including phenoxy) is 1. The van der Waals surface area contributed by atoms with E-state index in [4.69, 9.17) is 4.74 Å². The molecular formula is C22H17N5O2. The van der Waals surface area contributed by atoms with Crippen LogP contribution in [0.5, 0.6) is 5.75 Å². The SMILES string of the molecule is Cc1ccc(OCC(=O)Nc2c(C#N)cnn2-c2ccc3ccccc3n2)cc1. The second-order valence-corrected chi connectivity index (χ2v) is 6.44. The van der Waals surface area contributed by atoms with Crippen LogP contribution >= 0.6 is 0 Å². The van der Waals surface area contributed by atoms with E-state index in [0.717, 1.165) is 16.5 Å². The molecule has 0 aliphatic carbocycles. The zero-order chi connectivity index (χ0) is 20.2. The molecule has 0 saturated carbocycles. The number of aryl methyl sites for hydroxylation is 1. The fourth-order valence-corrected chi connectivity index (χ4v) is 2.85. The first kappa shape index (κ1) is 18.2. The van der Waals surface area contributed by atoms with E-state index in [9.17, 15) is 10.1 Å². The van der Waals surface area contributed by atoms with Crippen molar-refractivity contribution in [2.75, 3.05) is 11.9 Å². The third kappa shape index (κ3) is 3.92. The molecular weight excluding hydrogens is 366 g/mol. The zero-order valence-corrected chi connectivity index (χ0v) is 15.7. The second kappa shape index (κ2) is 7.82. The van der Waals surface area contributed by atoms with Crippen LogP contribution in [0.25, 0.3) is 16.7 Å². The number of carbonyl (C=O) groups is 1. The van der Waals surface area contributed by atoms with Crippen molar-refractivity contribution in [3.63, 3.8) is 0 Å². The maximum absolute atomic E-state index is 12.4. The molecule has 4 rings (SSSR count). The second-order valence-electron chi connectivity index (χ2n) is 6.44. The summed E-state index contributed by atoms with van der Waals surface area (Å²) in [5.74, 6) is 0.952. The van der Waals surface area contributed by atoms with Crippen LogP contribution in [0, 0.1) is 18.3 Å². The third-order valence-electron chi connectivity index (χ3n) is 4.34. The van der Waals surface area contributed by atoms with Gasteiger partial charge >= 0.3 is 0 Å². The quantitative estimate of drug-likeness (QED) is 0.568. The van der Waals surface area contributed by atoms with Crippen LogP contribution in [0.1, 0.15) is 11.1 Å². The lowest BCUT2D eigenvalue weighted by Crippen LogP contribution is -2.22. The van der Waals surface area contributed by atoms with Crippen molar-refractivity contribution in [1.29, 1.82) is 5.26 Å². The predicted octanol–water partition coefficient (Wildman–Crippen LogP) is 3.62. The highest BCUT2D eigenvalue weighted by atomic mass is 16.5. The Kier molecular flexibility index (Phi) is 4.91. The molecule has 0 radical (unpaired) electrons. The first-order valence-corrected chi connectivity index (χ1v) is 8.97. The Hall–Kier alpha value is -4.18. The summed E-state index contributed by atoms with van der Waals surface area (Å²) in [6.45, 7) is 1.78. The average Bonchev–Trinajstić information content (AvgIpc) is 3.15. The molecule has 2 heterocycles. The number of para-hydroxylation sites is 1. The van der Waals surface area contributed by atoms with E-state index in [1.165, 1.54) is 10.9 Å².